The molecule has 7 nitrogen and oxygen atoms in total. The van der Waals surface area contributed by atoms with E-state index in [0.29, 0.717) is 17.1 Å². The van der Waals surface area contributed by atoms with Gasteiger partial charge in [-0.1, -0.05) is 0 Å². The minimum atomic E-state index is -1.09. The largest absolute Gasteiger partial charge is 0.477 e. The molecule has 9 heteroatoms. The van der Waals surface area contributed by atoms with Crippen molar-refractivity contribution in [3.05, 3.63) is 21.7 Å². The van der Waals surface area contributed by atoms with Gasteiger partial charge in [0.2, 0.25) is 5.91 Å². The van der Waals surface area contributed by atoms with E-state index in [4.69, 9.17) is 0 Å². The Balaban J connectivity index is 1.78. The van der Waals surface area contributed by atoms with Gasteiger partial charge in [0, 0.05) is 22.2 Å². The normalized spacial score (nSPS) is 25.2. The lowest BCUT2D eigenvalue weighted by atomic mass is 9.83. The minimum Gasteiger partial charge on any atom is -0.477 e. The van der Waals surface area contributed by atoms with E-state index in [2.05, 4.69) is 5.10 Å². The number of hydrogen-bond acceptors (Lipinski definition) is 6. The van der Waals surface area contributed by atoms with Gasteiger partial charge in [-0.3, -0.25) is 4.79 Å². The molecule has 2 aliphatic heterocycles. The quantitative estimate of drug-likeness (QED) is 0.583. The number of aliphatic hydroxyl groups is 1. The number of thioether (sulfide) groups is 1. The first-order valence-electron chi connectivity index (χ1n) is 6.81. The van der Waals surface area contributed by atoms with Crippen molar-refractivity contribution in [3.8, 4) is 0 Å². The Kier molecular flexibility index (Phi) is 3.96. The fourth-order valence-electron chi connectivity index (χ4n) is 2.95. The van der Waals surface area contributed by atoms with Gasteiger partial charge in [-0.2, -0.15) is 0 Å². The van der Waals surface area contributed by atoms with Gasteiger partial charge in [0.15, 0.2) is 18.6 Å². The minimum absolute atomic E-state index is 0.0662. The molecule has 2 aliphatic rings. The molecular formula is C13H16N3O4S2+. The van der Waals surface area contributed by atoms with Crippen LogP contribution in [0.15, 0.2) is 16.0 Å². The molecular weight excluding hydrogens is 326 g/mol. The van der Waals surface area contributed by atoms with Crippen molar-refractivity contribution in [2.24, 2.45) is 13.0 Å². The number of carboxylic acid groups (broad SMARTS) is 1. The smallest absolute Gasteiger partial charge is 0.353 e. The molecule has 0 aromatic carbocycles. The average Bonchev–Trinajstić information content (AvgIpc) is 2.97. The van der Waals surface area contributed by atoms with E-state index in [0.717, 1.165) is 5.69 Å². The molecule has 0 saturated carbocycles. The lowest BCUT2D eigenvalue weighted by Crippen LogP contribution is -2.61. The number of hydrogen-bond donors (Lipinski definition) is 2. The zero-order valence-electron chi connectivity index (χ0n) is 12.1. The van der Waals surface area contributed by atoms with Crippen LogP contribution in [-0.4, -0.2) is 44.2 Å². The van der Waals surface area contributed by atoms with E-state index in [9.17, 15) is 19.8 Å². The van der Waals surface area contributed by atoms with Crippen molar-refractivity contribution in [1.29, 1.82) is 0 Å². The number of aliphatic carboxylic acids is 1. The van der Waals surface area contributed by atoms with Crippen LogP contribution in [0.1, 0.15) is 19.0 Å². The Morgan fingerprint density at radius 2 is 2.41 bits per heavy atom. The van der Waals surface area contributed by atoms with Gasteiger partial charge >= 0.3 is 5.97 Å². The van der Waals surface area contributed by atoms with Crippen molar-refractivity contribution >= 4 is 35.2 Å². The van der Waals surface area contributed by atoms with Gasteiger partial charge in [0.05, 0.1) is 23.4 Å². The Bertz CT molecular complexity index is 670. The summed E-state index contributed by atoms with van der Waals surface area (Å²) in [5.41, 5.74) is 0.943. The van der Waals surface area contributed by atoms with Crippen molar-refractivity contribution in [3.63, 3.8) is 0 Å². The van der Waals surface area contributed by atoms with Crippen LogP contribution >= 0.6 is 23.3 Å². The van der Waals surface area contributed by atoms with Crippen LogP contribution in [0.2, 0.25) is 0 Å². The molecule has 22 heavy (non-hydrogen) atoms. The highest BCUT2D eigenvalue weighted by atomic mass is 32.2. The van der Waals surface area contributed by atoms with Crippen LogP contribution < -0.4 is 4.07 Å². The summed E-state index contributed by atoms with van der Waals surface area (Å²) in [6.45, 7) is 1.57. The summed E-state index contributed by atoms with van der Waals surface area (Å²) in [4.78, 5) is 25.6. The van der Waals surface area contributed by atoms with Gasteiger partial charge in [-0.25, -0.2) is 4.79 Å². The number of carboxylic acids is 1. The molecule has 2 N–H and O–H groups in total. The van der Waals surface area contributed by atoms with E-state index in [1.807, 2.05) is 12.4 Å². The third kappa shape index (κ3) is 2.42. The third-order valence-corrected chi connectivity index (χ3v) is 5.81. The van der Waals surface area contributed by atoms with Gasteiger partial charge in [-0.05, 0) is 11.0 Å². The highest BCUT2D eigenvalue weighted by Gasteiger charge is 2.56. The zero-order valence-corrected chi connectivity index (χ0v) is 13.7. The molecule has 3 rings (SSSR count). The first-order valence-corrected chi connectivity index (χ1v) is 8.64. The van der Waals surface area contributed by atoms with E-state index in [-0.39, 0.29) is 17.6 Å². The van der Waals surface area contributed by atoms with Crippen LogP contribution in [0.3, 0.4) is 0 Å². The maximum atomic E-state index is 12.1. The summed E-state index contributed by atoms with van der Waals surface area (Å²) in [7, 11) is 1.84. The number of fused-ring (bicyclic) bond motifs is 1. The number of carbonyl (C=O) groups excluding carboxylic acids is 1. The van der Waals surface area contributed by atoms with Gasteiger partial charge < -0.3 is 15.1 Å². The SMILES string of the molecule is C[C@@H](O)[C@H]1C(=O)N2C(C(=O)O)=C(SCc3cs[n+](C)n3)C[C@H]12. The maximum absolute atomic E-state index is 12.1. The maximum Gasteiger partial charge on any atom is 0.353 e. The molecule has 1 fully saturated rings. The fraction of sp³-hybridized carbons (Fsp3) is 0.538. The number of aryl methyl sites for hydroxylation is 1. The second-order valence-corrected chi connectivity index (χ2v) is 7.44. The molecule has 118 valence electrons. The predicted octanol–water partition coefficient (Wildman–Crippen LogP) is 0.108. The number of rotatable bonds is 5. The topological polar surface area (TPSA) is 94.6 Å². The van der Waals surface area contributed by atoms with E-state index in [1.54, 1.807) is 11.0 Å². The molecule has 0 bridgehead atoms. The summed E-state index contributed by atoms with van der Waals surface area (Å²) in [5.74, 6) is -1.32. The van der Waals surface area contributed by atoms with Gasteiger partial charge in [0.25, 0.3) is 0 Å². The Hall–Kier alpha value is -1.45. The van der Waals surface area contributed by atoms with Gasteiger partial charge in [-0.15, -0.1) is 11.8 Å². The second-order valence-electron chi connectivity index (χ2n) is 5.39. The summed E-state index contributed by atoms with van der Waals surface area (Å²) < 4.78 is 1.73. The Labute approximate surface area is 135 Å². The highest BCUT2D eigenvalue weighted by molar-refractivity contribution is 8.02. The van der Waals surface area contributed by atoms with Crippen molar-refractivity contribution < 1.29 is 23.9 Å². The molecule has 0 unspecified atom stereocenters. The molecule has 0 spiro atoms. The Morgan fingerprint density at radius 1 is 1.68 bits per heavy atom. The molecule has 1 amide bonds. The number of aliphatic hydroxyl groups excluding tert-OH is 1. The van der Waals surface area contributed by atoms with E-state index < -0.39 is 18.0 Å². The highest BCUT2D eigenvalue weighted by Crippen LogP contribution is 2.47. The third-order valence-electron chi connectivity index (χ3n) is 3.90. The first kappa shape index (κ1) is 15.4. The number of nitrogens with zero attached hydrogens (tertiary/aromatic N) is 3. The van der Waals surface area contributed by atoms with Crippen LogP contribution in [0.25, 0.3) is 0 Å². The molecule has 1 aromatic rings. The summed E-state index contributed by atoms with van der Waals surface area (Å²) >= 11 is 2.88. The lowest BCUT2D eigenvalue weighted by Gasteiger charge is -2.44. The van der Waals surface area contributed by atoms with E-state index in [1.165, 1.54) is 28.2 Å². The number of β-lactam (4-membered cyclic amide) rings is 1. The van der Waals surface area contributed by atoms with E-state index >= 15 is 0 Å². The lowest BCUT2D eigenvalue weighted by molar-refractivity contribution is -0.663. The summed E-state index contributed by atoms with van der Waals surface area (Å²) in [6, 6.07) is -0.229. The van der Waals surface area contributed by atoms with Crippen molar-refractivity contribution in [2.75, 3.05) is 0 Å². The molecule has 1 aromatic heterocycles. The predicted molar refractivity (Wildman–Crippen MR) is 79.7 cm³/mol. The second kappa shape index (κ2) is 5.64. The monoisotopic (exact) mass is 342 g/mol. The molecule has 0 radical (unpaired) electrons. The van der Waals surface area contributed by atoms with Crippen LogP contribution in [0.4, 0.5) is 0 Å². The fourth-order valence-corrected chi connectivity index (χ4v) is 4.69. The molecule has 3 atom stereocenters. The molecule has 0 aliphatic carbocycles. The van der Waals surface area contributed by atoms with Crippen LogP contribution in [-0.2, 0) is 22.4 Å². The zero-order chi connectivity index (χ0) is 16.0. The molecule has 1 saturated heterocycles. The Morgan fingerprint density at radius 3 is 2.95 bits per heavy atom. The number of aromatic nitrogens is 2. The molecule has 3 heterocycles. The van der Waals surface area contributed by atoms with Crippen LogP contribution in [0, 0.1) is 5.92 Å². The number of carbonyl (C=O) groups is 2. The number of amides is 1. The van der Waals surface area contributed by atoms with Gasteiger partial charge in [0.1, 0.15) is 11.4 Å². The average molecular weight is 342 g/mol. The standard InChI is InChI=1S/C13H15N3O4S2/c1-6(17)10-8-3-9(11(13(19)20)16(8)12(10)18)21-4-7-5-22-15(2)14-7/h5-6,8,10,17H,3-4H2,1-2H3/p+1/t6-,8-,10-/m1/s1. The van der Waals surface area contributed by atoms with Crippen LogP contribution in [0.5, 0.6) is 0 Å². The summed E-state index contributed by atoms with van der Waals surface area (Å²) in [5, 5.41) is 25.3. The first-order chi connectivity index (χ1) is 10.4. The summed E-state index contributed by atoms with van der Waals surface area (Å²) in [6.07, 6.45) is -0.269. The van der Waals surface area contributed by atoms with Crippen molar-refractivity contribution in [1.82, 2.24) is 10.00 Å². The van der Waals surface area contributed by atoms with Crippen molar-refractivity contribution in [2.45, 2.75) is 31.2 Å².